The van der Waals surface area contributed by atoms with Gasteiger partial charge in [0.1, 0.15) is 11.6 Å². The van der Waals surface area contributed by atoms with E-state index in [-0.39, 0.29) is 11.9 Å². The molecule has 2 aromatic carbocycles. The third-order valence-corrected chi connectivity index (χ3v) is 4.86. The molecule has 0 saturated heterocycles. The summed E-state index contributed by atoms with van der Waals surface area (Å²) in [6.07, 6.45) is 3.18. The van der Waals surface area contributed by atoms with Gasteiger partial charge in [0.05, 0.1) is 23.7 Å². The second-order valence-electron chi connectivity index (χ2n) is 7.42. The molecule has 0 aliphatic rings. The number of aromatic nitrogens is 2. The van der Waals surface area contributed by atoms with E-state index in [9.17, 15) is 4.79 Å². The van der Waals surface area contributed by atoms with Gasteiger partial charge in [-0.25, -0.2) is 4.98 Å². The lowest BCUT2D eigenvalue weighted by Gasteiger charge is -2.15. The summed E-state index contributed by atoms with van der Waals surface area (Å²) in [5.41, 5.74) is 4.45. The van der Waals surface area contributed by atoms with Crippen LogP contribution in [0.4, 0.5) is 0 Å². The third-order valence-electron chi connectivity index (χ3n) is 4.86. The Hall–Kier alpha value is -3.08. The largest absolute Gasteiger partial charge is 0.494 e. The summed E-state index contributed by atoms with van der Waals surface area (Å²) in [5.74, 6) is 1.59. The Balaban J connectivity index is 1.64. The summed E-state index contributed by atoms with van der Waals surface area (Å²) in [6, 6.07) is 14.1. The number of aryl methyl sites for hydroxylation is 3. The molecule has 3 rings (SSSR count). The number of hydrogen-bond acceptors (Lipinski definition) is 3. The van der Waals surface area contributed by atoms with Gasteiger partial charge in [-0.05, 0) is 75.1 Å². The molecule has 1 atom stereocenters. The fourth-order valence-electron chi connectivity index (χ4n) is 3.57. The summed E-state index contributed by atoms with van der Waals surface area (Å²) in [4.78, 5) is 16.5. The Morgan fingerprint density at radius 2 is 1.93 bits per heavy atom. The number of imidazole rings is 1. The Labute approximate surface area is 172 Å². The molecule has 1 aromatic heterocycles. The molecule has 0 spiro atoms. The topological polar surface area (TPSA) is 56.2 Å². The first-order chi connectivity index (χ1) is 14.0. The average molecular weight is 392 g/mol. The fraction of sp³-hybridized carbons (Fsp3) is 0.333. The highest BCUT2D eigenvalue weighted by molar-refractivity contribution is 5.87. The van der Waals surface area contributed by atoms with E-state index >= 15 is 0 Å². The monoisotopic (exact) mass is 391 g/mol. The highest BCUT2D eigenvalue weighted by Crippen LogP contribution is 2.22. The number of hydrogen-bond donors (Lipinski definition) is 1. The van der Waals surface area contributed by atoms with E-state index in [4.69, 9.17) is 9.72 Å². The van der Waals surface area contributed by atoms with Crippen LogP contribution in [0.3, 0.4) is 0 Å². The molecular formula is C24H29N3O2. The van der Waals surface area contributed by atoms with E-state index in [1.165, 1.54) is 17.2 Å². The number of carbonyl (C=O) groups excluding carboxylic acids is 1. The molecule has 0 aliphatic carbocycles. The molecule has 1 amide bonds. The van der Waals surface area contributed by atoms with Crippen LogP contribution >= 0.6 is 0 Å². The Bertz CT molecular complexity index is 986. The number of nitrogens with zero attached hydrogens (tertiary/aromatic N) is 2. The molecule has 0 saturated carbocycles. The second-order valence-corrected chi connectivity index (χ2v) is 7.42. The van der Waals surface area contributed by atoms with E-state index in [2.05, 4.69) is 54.6 Å². The van der Waals surface area contributed by atoms with E-state index < -0.39 is 0 Å². The van der Waals surface area contributed by atoms with Crippen LogP contribution in [-0.2, 0) is 11.3 Å². The maximum absolute atomic E-state index is 11.7. The zero-order chi connectivity index (χ0) is 20.8. The predicted molar refractivity (Wildman–Crippen MR) is 117 cm³/mol. The lowest BCUT2D eigenvalue weighted by molar-refractivity contribution is -0.117. The quantitative estimate of drug-likeness (QED) is 0.418. The maximum Gasteiger partial charge on any atom is 0.243 e. The minimum Gasteiger partial charge on any atom is -0.494 e. The van der Waals surface area contributed by atoms with Crippen LogP contribution < -0.4 is 10.1 Å². The van der Waals surface area contributed by atoms with Gasteiger partial charge in [0.25, 0.3) is 0 Å². The van der Waals surface area contributed by atoms with Crippen molar-refractivity contribution in [1.82, 2.24) is 14.9 Å². The van der Waals surface area contributed by atoms with Crippen LogP contribution in [0.2, 0.25) is 0 Å². The van der Waals surface area contributed by atoms with Gasteiger partial charge in [-0.15, -0.1) is 0 Å². The first-order valence-corrected chi connectivity index (χ1v) is 10.1. The summed E-state index contributed by atoms with van der Waals surface area (Å²) >= 11 is 0. The molecule has 3 aromatic rings. The van der Waals surface area contributed by atoms with Gasteiger partial charge in [-0.2, -0.15) is 0 Å². The number of unbranched alkanes of at least 4 members (excludes halogenated alkanes) is 1. The summed E-state index contributed by atoms with van der Waals surface area (Å²) in [7, 11) is 0. The lowest BCUT2D eigenvalue weighted by Crippen LogP contribution is -2.27. The van der Waals surface area contributed by atoms with Crippen molar-refractivity contribution >= 4 is 16.9 Å². The van der Waals surface area contributed by atoms with Gasteiger partial charge in [-0.3, -0.25) is 4.79 Å². The molecule has 1 N–H and O–H groups in total. The van der Waals surface area contributed by atoms with Crippen molar-refractivity contribution in [3.63, 3.8) is 0 Å². The SMILES string of the molecule is C=CC(=O)NC(C)c1nc2ccccc2n1CCCCOc1cc(C)cc(C)c1. The van der Waals surface area contributed by atoms with Crippen LogP contribution in [0.15, 0.2) is 55.1 Å². The zero-order valence-electron chi connectivity index (χ0n) is 17.4. The molecule has 1 heterocycles. The zero-order valence-corrected chi connectivity index (χ0v) is 17.4. The molecule has 29 heavy (non-hydrogen) atoms. The molecule has 0 bridgehead atoms. The van der Waals surface area contributed by atoms with E-state index in [0.29, 0.717) is 6.61 Å². The fourth-order valence-corrected chi connectivity index (χ4v) is 3.57. The van der Waals surface area contributed by atoms with Gasteiger partial charge < -0.3 is 14.6 Å². The van der Waals surface area contributed by atoms with Crippen molar-refractivity contribution in [2.75, 3.05) is 6.61 Å². The molecular weight excluding hydrogens is 362 g/mol. The molecule has 0 radical (unpaired) electrons. The summed E-state index contributed by atoms with van der Waals surface area (Å²) in [6.45, 7) is 11.1. The number of carbonyl (C=O) groups is 1. The Morgan fingerprint density at radius 1 is 1.21 bits per heavy atom. The van der Waals surface area contributed by atoms with Crippen LogP contribution in [0.1, 0.15) is 42.8 Å². The molecule has 0 fully saturated rings. The highest BCUT2D eigenvalue weighted by Gasteiger charge is 2.17. The highest BCUT2D eigenvalue weighted by atomic mass is 16.5. The lowest BCUT2D eigenvalue weighted by atomic mass is 10.1. The minimum atomic E-state index is -0.196. The second kappa shape index (κ2) is 9.41. The first-order valence-electron chi connectivity index (χ1n) is 10.1. The van der Waals surface area contributed by atoms with Crippen molar-refractivity contribution in [2.45, 2.75) is 46.2 Å². The summed E-state index contributed by atoms with van der Waals surface area (Å²) in [5, 5.41) is 2.92. The van der Waals surface area contributed by atoms with Crippen molar-refractivity contribution in [1.29, 1.82) is 0 Å². The average Bonchev–Trinajstić information content (AvgIpc) is 3.05. The predicted octanol–water partition coefficient (Wildman–Crippen LogP) is 4.88. The van der Waals surface area contributed by atoms with Crippen LogP contribution in [-0.4, -0.2) is 22.1 Å². The van der Waals surface area contributed by atoms with E-state index in [0.717, 1.165) is 42.0 Å². The molecule has 5 nitrogen and oxygen atoms in total. The Morgan fingerprint density at radius 3 is 2.66 bits per heavy atom. The minimum absolute atomic E-state index is 0.195. The maximum atomic E-state index is 11.7. The number of ether oxygens (including phenoxy) is 1. The van der Waals surface area contributed by atoms with E-state index in [1.54, 1.807) is 0 Å². The van der Waals surface area contributed by atoms with Crippen molar-refractivity contribution < 1.29 is 9.53 Å². The third kappa shape index (κ3) is 5.25. The van der Waals surface area contributed by atoms with Gasteiger partial charge in [0, 0.05) is 6.54 Å². The number of para-hydroxylation sites is 2. The number of rotatable bonds is 9. The van der Waals surface area contributed by atoms with Gasteiger partial charge >= 0.3 is 0 Å². The number of amides is 1. The first kappa shape index (κ1) is 20.6. The van der Waals surface area contributed by atoms with Gasteiger partial charge in [-0.1, -0.05) is 24.8 Å². The van der Waals surface area contributed by atoms with Crippen molar-refractivity contribution in [3.8, 4) is 5.75 Å². The van der Waals surface area contributed by atoms with Crippen LogP contribution in [0, 0.1) is 13.8 Å². The van der Waals surface area contributed by atoms with Crippen LogP contribution in [0.25, 0.3) is 11.0 Å². The molecule has 1 unspecified atom stereocenters. The number of nitrogens with one attached hydrogen (secondary N) is 1. The van der Waals surface area contributed by atoms with Gasteiger partial charge in [0.15, 0.2) is 0 Å². The molecule has 152 valence electrons. The van der Waals surface area contributed by atoms with Crippen molar-refractivity contribution in [2.24, 2.45) is 0 Å². The van der Waals surface area contributed by atoms with Crippen molar-refractivity contribution in [3.05, 3.63) is 72.1 Å². The number of benzene rings is 2. The molecule has 0 aliphatic heterocycles. The standard InChI is InChI=1S/C24H29N3O2/c1-5-23(28)25-19(4)24-26-21-10-6-7-11-22(21)27(24)12-8-9-13-29-20-15-17(2)14-18(3)16-20/h5-7,10-11,14-16,19H,1,8-9,12-13H2,2-4H3,(H,25,28). The Kier molecular flexibility index (Phi) is 6.70. The van der Waals surface area contributed by atoms with Gasteiger partial charge in [0.2, 0.25) is 5.91 Å². The number of fused-ring (bicyclic) bond motifs is 1. The normalized spacial score (nSPS) is 12.0. The van der Waals surface area contributed by atoms with Crippen LogP contribution in [0.5, 0.6) is 5.75 Å². The smallest absolute Gasteiger partial charge is 0.243 e. The van der Waals surface area contributed by atoms with E-state index in [1.807, 2.05) is 25.1 Å². The molecule has 5 heteroatoms. The summed E-state index contributed by atoms with van der Waals surface area (Å²) < 4.78 is 8.12.